The molecule has 48 heavy (non-hydrogen) atoms. The number of carbonyl (C=O) groups excluding carboxylic acids is 1. The van der Waals surface area contributed by atoms with E-state index < -0.39 is 24.3 Å². The van der Waals surface area contributed by atoms with Crippen LogP contribution >= 0.6 is 27.5 Å². The number of piperazine rings is 1. The molecule has 3 amide bonds. The minimum absolute atomic E-state index is 0.0292. The predicted octanol–water partition coefficient (Wildman–Crippen LogP) is 7.36. The molecule has 1 saturated carbocycles. The van der Waals surface area contributed by atoms with E-state index in [1.165, 1.54) is 21.9 Å². The molecule has 3 aromatic rings. The summed E-state index contributed by atoms with van der Waals surface area (Å²) in [6, 6.07) is 18.2. The molecular weight excluding hydrogens is 705 g/mol. The highest BCUT2D eigenvalue weighted by atomic mass is 79.9. The van der Waals surface area contributed by atoms with Crippen LogP contribution in [0.3, 0.4) is 0 Å². The maximum atomic E-state index is 14.6. The third-order valence-corrected chi connectivity index (χ3v) is 10.3. The number of amides is 3. The summed E-state index contributed by atoms with van der Waals surface area (Å²) in [5.74, 6) is -0.182. The molecule has 2 aliphatic heterocycles. The molecule has 2 heterocycles. The number of carboxylic acid groups (broad SMARTS) is 2. The van der Waals surface area contributed by atoms with Crippen molar-refractivity contribution in [1.82, 2.24) is 14.7 Å². The van der Waals surface area contributed by atoms with Gasteiger partial charge in [0, 0.05) is 42.3 Å². The Balaban J connectivity index is 1.27. The summed E-state index contributed by atoms with van der Waals surface area (Å²) in [6.07, 6.45) is 1.55. The number of aryl methyl sites for hydroxylation is 1. The number of carbonyl (C=O) groups is 3. The number of rotatable bonds is 11. The Morgan fingerprint density at radius 2 is 1.73 bits per heavy atom. The van der Waals surface area contributed by atoms with Crippen molar-refractivity contribution in [3.63, 3.8) is 0 Å². The lowest BCUT2D eigenvalue weighted by molar-refractivity contribution is -0.128. The second-order valence-electron chi connectivity index (χ2n) is 12.4. The molecule has 1 aliphatic carbocycles. The summed E-state index contributed by atoms with van der Waals surface area (Å²) in [7, 11) is 0. The van der Waals surface area contributed by atoms with Gasteiger partial charge in [0.15, 0.2) is 0 Å². The second kappa shape index (κ2) is 14.6. The first-order valence-corrected chi connectivity index (χ1v) is 17.2. The number of hydrogen-bond acceptors (Lipinski definition) is 4. The standard InChI is InChI=1S/C36H36BrClFN3O6/c37-29-14-11-25(39)18-32(29)48-17-3-4-22-7-9-23(10-8-22)28-19-27-20-40(35(44)45)21-31(42(27)36(46)47)33(28)34(43)41(26-12-13-26)16-15-24-5-1-2-6-30(24)38/h1-2,5-11,14,18,26-27,31H,3-4,12-13,15-17,19-21H2,(H,44,45)(H,46,47). The third kappa shape index (κ3) is 7.47. The predicted molar refractivity (Wildman–Crippen MR) is 183 cm³/mol. The summed E-state index contributed by atoms with van der Waals surface area (Å²) in [4.78, 5) is 43.6. The van der Waals surface area contributed by atoms with E-state index in [4.69, 9.17) is 16.3 Å². The quantitative estimate of drug-likeness (QED) is 0.199. The molecule has 1 saturated heterocycles. The van der Waals surface area contributed by atoms with Crippen molar-refractivity contribution >= 4 is 51.2 Å². The van der Waals surface area contributed by atoms with Gasteiger partial charge in [0.1, 0.15) is 11.6 Å². The Labute approximate surface area is 291 Å². The number of nitrogens with zero attached hydrogens (tertiary/aromatic N) is 3. The first-order chi connectivity index (χ1) is 23.1. The molecule has 0 aromatic heterocycles. The highest BCUT2D eigenvalue weighted by molar-refractivity contribution is 9.10. The van der Waals surface area contributed by atoms with Crippen LogP contribution in [0.1, 0.15) is 42.4 Å². The lowest BCUT2D eigenvalue weighted by Crippen LogP contribution is -2.65. The number of hydrogen-bond donors (Lipinski definition) is 2. The third-order valence-electron chi connectivity index (χ3n) is 9.26. The summed E-state index contributed by atoms with van der Waals surface area (Å²) in [5, 5.41) is 20.8. The molecule has 2 fully saturated rings. The van der Waals surface area contributed by atoms with Crippen LogP contribution in [0, 0.1) is 5.82 Å². The molecule has 9 nitrogen and oxygen atoms in total. The minimum Gasteiger partial charge on any atom is -0.492 e. The van der Waals surface area contributed by atoms with Gasteiger partial charge in [-0.3, -0.25) is 9.69 Å². The van der Waals surface area contributed by atoms with Crippen molar-refractivity contribution in [2.75, 3.05) is 26.2 Å². The zero-order valence-electron chi connectivity index (χ0n) is 26.2. The maximum absolute atomic E-state index is 14.6. The molecule has 252 valence electrons. The molecular formula is C36H36BrClFN3O6. The Hall–Kier alpha value is -4.09. The second-order valence-corrected chi connectivity index (χ2v) is 13.7. The monoisotopic (exact) mass is 739 g/mol. The van der Waals surface area contributed by atoms with E-state index in [-0.39, 0.29) is 37.3 Å². The maximum Gasteiger partial charge on any atom is 0.408 e. The molecule has 2 unspecified atom stereocenters. The molecule has 12 heteroatoms. The minimum atomic E-state index is -1.17. The fraction of sp³-hybridized carbons (Fsp3) is 0.361. The number of fused-ring (bicyclic) bond motifs is 2. The van der Waals surface area contributed by atoms with Gasteiger partial charge in [-0.05, 0) is 94.9 Å². The fourth-order valence-electron chi connectivity index (χ4n) is 6.75. The van der Waals surface area contributed by atoms with E-state index in [2.05, 4.69) is 15.9 Å². The van der Waals surface area contributed by atoms with Gasteiger partial charge in [-0.25, -0.2) is 14.0 Å². The number of ether oxygens (including phenoxy) is 1. The topological polar surface area (TPSA) is 111 Å². The van der Waals surface area contributed by atoms with E-state index in [0.29, 0.717) is 53.2 Å². The molecule has 0 radical (unpaired) electrons. The van der Waals surface area contributed by atoms with Gasteiger partial charge in [-0.2, -0.15) is 0 Å². The molecule has 2 atom stereocenters. The SMILES string of the molecule is O=C(O)N1CC2CC(c3ccc(CCCOc4cc(F)ccc4Br)cc3)=C(C(=O)N(CCc3ccccc3Cl)C3CC3)C(C1)N2C(=O)O. The van der Waals surface area contributed by atoms with Crippen LogP contribution in [-0.4, -0.2) is 87.4 Å². The fourth-order valence-corrected chi connectivity index (χ4v) is 7.34. The van der Waals surface area contributed by atoms with Crippen LogP contribution < -0.4 is 4.74 Å². The van der Waals surface area contributed by atoms with Crippen molar-refractivity contribution in [1.29, 1.82) is 0 Å². The zero-order valence-corrected chi connectivity index (χ0v) is 28.5. The number of halogens is 3. The van der Waals surface area contributed by atoms with Gasteiger partial charge < -0.3 is 24.7 Å². The van der Waals surface area contributed by atoms with E-state index in [1.807, 2.05) is 53.4 Å². The Morgan fingerprint density at radius 1 is 0.979 bits per heavy atom. The molecule has 2 N–H and O–H groups in total. The zero-order chi connectivity index (χ0) is 33.9. The van der Waals surface area contributed by atoms with Crippen LogP contribution in [0.25, 0.3) is 5.57 Å². The number of benzene rings is 3. The highest BCUT2D eigenvalue weighted by Gasteiger charge is 2.49. The van der Waals surface area contributed by atoms with Crippen LogP contribution in [-0.2, 0) is 17.6 Å². The van der Waals surface area contributed by atoms with Crippen molar-refractivity contribution in [2.45, 2.75) is 56.7 Å². The normalized spacial score (nSPS) is 18.9. The Bertz CT molecular complexity index is 1730. The summed E-state index contributed by atoms with van der Waals surface area (Å²) in [5.41, 5.74) is 3.88. The first-order valence-electron chi connectivity index (χ1n) is 16.0. The largest absolute Gasteiger partial charge is 0.492 e. The smallest absolute Gasteiger partial charge is 0.408 e. The van der Waals surface area contributed by atoms with Crippen molar-refractivity contribution in [2.24, 2.45) is 0 Å². The van der Waals surface area contributed by atoms with E-state index in [0.717, 1.165) is 35.1 Å². The molecule has 0 spiro atoms. The van der Waals surface area contributed by atoms with Crippen LogP contribution in [0.2, 0.25) is 5.02 Å². The van der Waals surface area contributed by atoms with Crippen LogP contribution in [0.4, 0.5) is 14.0 Å². The lowest BCUT2D eigenvalue weighted by Gasteiger charge is -2.49. The van der Waals surface area contributed by atoms with Crippen LogP contribution in [0.5, 0.6) is 5.75 Å². The van der Waals surface area contributed by atoms with Crippen molar-refractivity contribution in [3.8, 4) is 5.75 Å². The summed E-state index contributed by atoms with van der Waals surface area (Å²) >= 11 is 9.80. The van der Waals surface area contributed by atoms with Gasteiger partial charge in [-0.1, -0.05) is 54.1 Å². The van der Waals surface area contributed by atoms with Crippen LogP contribution in [0.15, 0.2) is 76.8 Å². The van der Waals surface area contributed by atoms with Gasteiger partial charge in [0.05, 0.1) is 23.2 Å². The van der Waals surface area contributed by atoms with Crippen molar-refractivity contribution < 1.29 is 33.7 Å². The molecule has 3 aliphatic rings. The Morgan fingerprint density at radius 3 is 2.42 bits per heavy atom. The van der Waals surface area contributed by atoms with E-state index in [1.54, 1.807) is 6.07 Å². The molecule has 2 bridgehead atoms. The van der Waals surface area contributed by atoms with Gasteiger partial charge in [0.2, 0.25) is 0 Å². The van der Waals surface area contributed by atoms with Gasteiger partial charge in [0.25, 0.3) is 5.91 Å². The van der Waals surface area contributed by atoms with Crippen molar-refractivity contribution in [3.05, 3.63) is 104 Å². The van der Waals surface area contributed by atoms with E-state index in [9.17, 15) is 29.0 Å². The van der Waals surface area contributed by atoms with Gasteiger partial charge >= 0.3 is 12.2 Å². The summed E-state index contributed by atoms with van der Waals surface area (Å²) in [6.45, 7) is 0.711. The average Bonchev–Trinajstić information content (AvgIpc) is 3.90. The average molecular weight is 741 g/mol. The summed E-state index contributed by atoms with van der Waals surface area (Å²) < 4.78 is 20.0. The molecule has 3 aromatic carbocycles. The van der Waals surface area contributed by atoms with Gasteiger partial charge in [-0.15, -0.1) is 0 Å². The molecule has 6 rings (SSSR count). The Kier molecular flexibility index (Phi) is 10.3. The lowest BCUT2D eigenvalue weighted by atomic mass is 9.81. The first kappa shape index (κ1) is 33.8. The highest BCUT2D eigenvalue weighted by Crippen LogP contribution is 2.41. The van der Waals surface area contributed by atoms with E-state index >= 15 is 0 Å².